The van der Waals surface area contributed by atoms with Crippen LogP contribution in [0.5, 0.6) is 0 Å². The van der Waals surface area contributed by atoms with Crippen LogP contribution in [0.1, 0.15) is 50.7 Å². The fourth-order valence-electron chi connectivity index (χ4n) is 5.02. The Bertz CT molecular complexity index is 1090. The van der Waals surface area contributed by atoms with Gasteiger partial charge in [0.2, 0.25) is 0 Å². The maximum atomic E-state index is 3.72. The molecular formula is C25H22Br2S. The third kappa shape index (κ3) is 2.93. The second kappa shape index (κ2) is 7.04. The van der Waals surface area contributed by atoms with Crippen LogP contribution in [-0.4, -0.2) is 5.25 Å². The SMILES string of the molecule is CC1=Cc2c(Br)cccc2C1CCC1=C(C)C=C2C1=CC1SC(Br)=CC1=C2C. The number of allylic oxidation sites excluding steroid dienone is 8. The molecule has 142 valence electrons. The Balaban J connectivity index is 1.40. The van der Waals surface area contributed by atoms with Crippen molar-refractivity contribution in [2.75, 3.05) is 0 Å². The zero-order chi connectivity index (χ0) is 19.6. The molecule has 0 spiro atoms. The van der Waals surface area contributed by atoms with Crippen molar-refractivity contribution < 1.29 is 0 Å². The molecule has 5 rings (SSSR count). The van der Waals surface area contributed by atoms with Crippen LogP contribution < -0.4 is 0 Å². The third-order valence-corrected chi connectivity index (χ3v) is 8.96. The van der Waals surface area contributed by atoms with Crippen molar-refractivity contribution in [2.24, 2.45) is 0 Å². The highest BCUT2D eigenvalue weighted by molar-refractivity contribution is 9.14. The molecule has 4 aliphatic rings. The number of halogens is 2. The number of fused-ring (bicyclic) bond motifs is 3. The summed E-state index contributed by atoms with van der Waals surface area (Å²) in [6.45, 7) is 6.86. The lowest BCUT2D eigenvalue weighted by atomic mass is 9.83. The van der Waals surface area contributed by atoms with Crippen molar-refractivity contribution in [2.45, 2.75) is 44.8 Å². The number of benzene rings is 1. The Kier molecular flexibility index (Phi) is 4.77. The van der Waals surface area contributed by atoms with Gasteiger partial charge in [0, 0.05) is 10.4 Å². The van der Waals surface area contributed by atoms with E-state index in [2.05, 4.69) is 95.1 Å². The third-order valence-electron chi connectivity index (χ3n) is 6.49. The first-order chi connectivity index (χ1) is 13.4. The lowest BCUT2D eigenvalue weighted by Crippen LogP contribution is -2.10. The van der Waals surface area contributed by atoms with Crippen molar-refractivity contribution in [1.29, 1.82) is 0 Å². The van der Waals surface area contributed by atoms with E-state index < -0.39 is 0 Å². The normalized spacial score (nSPS) is 25.3. The monoisotopic (exact) mass is 512 g/mol. The van der Waals surface area contributed by atoms with E-state index >= 15 is 0 Å². The van der Waals surface area contributed by atoms with Gasteiger partial charge in [-0.05, 0) is 106 Å². The van der Waals surface area contributed by atoms with Gasteiger partial charge >= 0.3 is 0 Å². The Morgan fingerprint density at radius 3 is 2.64 bits per heavy atom. The molecule has 0 N–H and O–H groups in total. The lowest BCUT2D eigenvalue weighted by Gasteiger charge is -2.23. The van der Waals surface area contributed by atoms with Crippen molar-refractivity contribution >= 4 is 49.7 Å². The van der Waals surface area contributed by atoms with Crippen LogP contribution >= 0.6 is 43.6 Å². The fourth-order valence-corrected chi connectivity index (χ4v) is 7.38. The minimum Gasteiger partial charge on any atom is -0.106 e. The van der Waals surface area contributed by atoms with E-state index in [4.69, 9.17) is 0 Å². The van der Waals surface area contributed by atoms with Gasteiger partial charge in [-0.25, -0.2) is 0 Å². The van der Waals surface area contributed by atoms with E-state index in [1.165, 1.54) is 59.3 Å². The molecule has 0 saturated heterocycles. The molecule has 0 amide bonds. The van der Waals surface area contributed by atoms with E-state index in [9.17, 15) is 0 Å². The zero-order valence-corrected chi connectivity index (χ0v) is 20.3. The first-order valence-corrected chi connectivity index (χ1v) is 12.3. The average molecular weight is 514 g/mol. The molecule has 1 aromatic rings. The quantitative estimate of drug-likeness (QED) is 0.389. The highest BCUT2D eigenvalue weighted by Gasteiger charge is 2.33. The van der Waals surface area contributed by atoms with Gasteiger partial charge in [-0.1, -0.05) is 51.9 Å². The molecule has 2 unspecified atom stereocenters. The number of hydrogen-bond donors (Lipinski definition) is 0. The summed E-state index contributed by atoms with van der Waals surface area (Å²) in [5, 5.41) is 0.465. The first-order valence-electron chi connectivity index (χ1n) is 9.79. The highest BCUT2D eigenvalue weighted by atomic mass is 79.9. The fraction of sp³-hybridized carbons (Fsp3) is 0.280. The molecule has 2 atom stereocenters. The molecule has 0 fully saturated rings. The molecule has 1 aliphatic heterocycles. The number of hydrogen-bond acceptors (Lipinski definition) is 1. The molecule has 1 aromatic carbocycles. The Labute approximate surface area is 188 Å². The number of thioether (sulfide) groups is 1. The Morgan fingerprint density at radius 1 is 1.00 bits per heavy atom. The summed E-state index contributed by atoms with van der Waals surface area (Å²) < 4.78 is 2.46. The maximum absolute atomic E-state index is 3.72. The van der Waals surface area contributed by atoms with Crippen LogP contribution in [0.15, 0.2) is 83.7 Å². The topological polar surface area (TPSA) is 0 Å². The standard InChI is InChI=1S/C25H22Br2S/c1-13-9-19-15(3)20-12-25(27)28-24(20)11-21(19)17(13)8-7-16-14(2)10-22-18(16)5-4-6-23(22)26/h4-6,9-12,16,24H,7-8H2,1-3H3. The van der Waals surface area contributed by atoms with E-state index in [0.29, 0.717) is 11.2 Å². The molecule has 0 radical (unpaired) electrons. The van der Waals surface area contributed by atoms with Gasteiger partial charge in [-0.2, -0.15) is 0 Å². The van der Waals surface area contributed by atoms with Gasteiger partial charge < -0.3 is 0 Å². The Hall–Kier alpha value is -1.03. The minimum atomic E-state index is 0.465. The first kappa shape index (κ1) is 19.0. The Morgan fingerprint density at radius 2 is 1.82 bits per heavy atom. The van der Waals surface area contributed by atoms with Gasteiger partial charge in [0.25, 0.3) is 0 Å². The molecule has 0 nitrogen and oxygen atoms in total. The lowest BCUT2D eigenvalue weighted by molar-refractivity contribution is 0.712. The van der Waals surface area contributed by atoms with Crippen LogP contribution in [0.3, 0.4) is 0 Å². The van der Waals surface area contributed by atoms with E-state index in [1.54, 1.807) is 5.57 Å². The van der Waals surface area contributed by atoms with Crippen molar-refractivity contribution in [1.82, 2.24) is 0 Å². The molecule has 3 aliphatic carbocycles. The number of rotatable bonds is 3. The van der Waals surface area contributed by atoms with Crippen LogP contribution in [0.2, 0.25) is 0 Å². The van der Waals surface area contributed by atoms with Gasteiger partial charge in [-0.3, -0.25) is 0 Å². The summed E-state index contributed by atoms with van der Waals surface area (Å²) in [7, 11) is 0. The van der Waals surface area contributed by atoms with Crippen molar-refractivity contribution in [3.63, 3.8) is 0 Å². The van der Waals surface area contributed by atoms with Crippen LogP contribution in [0.4, 0.5) is 0 Å². The summed E-state index contributed by atoms with van der Waals surface area (Å²) in [5.74, 6) is 0.532. The zero-order valence-electron chi connectivity index (χ0n) is 16.3. The summed E-state index contributed by atoms with van der Waals surface area (Å²) in [6, 6.07) is 6.62. The van der Waals surface area contributed by atoms with Crippen LogP contribution in [0, 0.1) is 0 Å². The largest absolute Gasteiger partial charge is 0.106 e. The van der Waals surface area contributed by atoms with Gasteiger partial charge in [-0.15, -0.1) is 11.8 Å². The summed E-state index contributed by atoms with van der Waals surface area (Å²) in [6.07, 6.45) is 11.9. The van der Waals surface area contributed by atoms with Crippen LogP contribution in [-0.2, 0) is 0 Å². The predicted molar refractivity (Wildman–Crippen MR) is 130 cm³/mol. The molecule has 0 saturated carbocycles. The minimum absolute atomic E-state index is 0.465. The summed E-state index contributed by atoms with van der Waals surface area (Å²) >= 11 is 9.33. The van der Waals surface area contributed by atoms with Crippen LogP contribution in [0.25, 0.3) is 6.08 Å². The van der Waals surface area contributed by atoms with Crippen molar-refractivity contribution in [3.8, 4) is 0 Å². The van der Waals surface area contributed by atoms with Gasteiger partial charge in [0.15, 0.2) is 0 Å². The van der Waals surface area contributed by atoms with E-state index in [-0.39, 0.29) is 0 Å². The average Bonchev–Trinajstić information content (AvgIpc) is 3.28. The van der Waals surface area contributed by atoms with E-state index in [1.807, 2.05) is 11.8 Å². The molecule has 28 heavy (non-hydrogen) atoms. The molecular weight excluding hydrogens is 492 g/mol. The molecule has 3 heteroatoms. The summed E-state index contributed by atoms with van der Waals surface area (Å²) in [4.78, 5) is 0. The summed E-state index contributed by atoms with van der Waals surface area (Å²) in [5.41, 5.74) is 13.2. The van der Waals surface area contributed by atoms with Gasteiger partial charge in [0.05, 0.1) is 9.06 Å². The van der Waals surface area contributed by atoms with Crippen molar-refractivity contribution in [3.05, 3.63) is 94.9 Å². The second-order valence-corrected chi connectivity index (χ2v) is 11.5. The highest BCUT2D eigenvalue weighted by Crippen LogP contribution is 2.51. The molecule has 0 aromatic heterocycles. The smallest absolute Gasteiger partial charge is 0.0542 e. The molecule has 0 bridgehead atoms. The maximum Gasteiger partial charge on any atom is 0.0542 e. The predicted octanol–water partition coefficient (Wildman–Crippen LogP) is 8.59. The molecule has 1 heterocycles. The van der Waals surface area contributed by atoms with E-state index in [0.717, 1.165) is 6.42 Å². The second-order valence-electron chi connectivity index (χ2n) is 8.09. The van der Waals surface area contributed by atoms with Gasteiger partial charge in [0.1, 0.15) is 0 Å².